The Bertz CT molecular complexity index is 3140. The van der Waals surface area contributed by atoms with Gasteiger partial charge in [-0.2, -0.15) is 5.26 Å². The molecule has 1 saturated carbocycles. The third-order valence-corrected chi connectivity index (χ3v) is 13.1. The number of nitrogens with zero attached hydrogens (tertiary/aromatic N) is 3. The van der Waals surface area contributed by atoms with E-state index in [1.165, 1.54) is 74.9 Å². The van der Waals surface area contributed by atoms with Crippen LogP contribution >= 0.6 is 0 Å². The van der Waals surface area contributed by atoms with Gasteiger partial charge in [0.05, 0.1) is 23.0 Å². The molecule has 0 radical (unpaired) electrons. The summed E-state index contributed by atoms with van der Waals surface area (Å²) in [4.78, 5) is 10.2. The fourth-order valence-electron chi connectivity index (χ4n) is 9.95. The Kier molecular flexibility index (Phi) is 9.48. The van der Waals surface area contributed by atoms with Gasteiger partial charge in [-0.05, 0) is 116 Å². The first-order valence-corrected chi connectivity index (χ1v) is 21.7. The average molecular weight is 794 g/mol. The molecular formula is C59H43N3. The maximum absolute atomic E-state index is 9.77. The first-order valence-electron chi connectivity index (χ1n) is 21.7. The molecule has 9 aromatic rings. The Hall–Kier alpha value is -7.67. The Morgan fingerprint density at radius 1 is 0.355 bits per heavy atom. The molecule has 1 aromatic heterocycles. The monoisotopic (exact) mass is 793 g/mol. The number of aromatic nitrogens is 2. The van der Waals surface area contributed by atoms with E-state index >= 15 is 0 Å². The summed E-state index contributed by atoms with van der Waals surface area (Å²) in [6.07, 6.45) is 5.99. The van der Waals surface area contributed by atoms with Crippen molar-refractivity contribution in [2.75, 3.05) is 0 Å². The van der Waals surface area contributed by atoms with E-state index in [-0.39, 0.29) is 5.41 Å². The van der Waals surface area contributed by atoms with Crippen LogP contribution in [0.4, 0.5) is 0 Å². The van der Waals surface area contributed by atoms with Crippen LogP contribution in [-0.2, 0) is 5.41 Å². The average Bonchev–Trinajstić information content (AvgIpc) is 3.61. The maximum atomic E-state index is 9.77. The molecule has 0 N–H and O–H groups in total. The van der Waals surface area contributed by atoms with Gasteiger partial charge in [-0.15, -0.1) is 0 Å². The van der Waals surface area contributed by atoms with E-state index in [0.29, 0.717) is 5.82 Å². The highest BCUT2D eigenvalue weighted by Gasteiger charge is 2.44. The van der Waals surface area contributed by atoms with Crippen LogP contribution < -0.4 is 0 Å². The van der Waals surface area contributed by atoms with Crippen molar-refractivity contribution in [3.05, 3.63) is 217 Å². The van der Waals surface area contributed by atoms with E-state index in [2.05, 4.69) is 176 Å². The lowest BCUT2D eigenvalue weighted by molar-refractivity contribution is 0.353. The second-order valence-corrected chi connectivity index (χ2v) is 16.8. The molecule has 0 bridgehead atoms. The van der Waals surface area contributed by atoms with E-state index in [0.717, 1.165) is 57.6 Å². The lowest BCUT2D eigenvalue weighted by Crippen LogP contribution is -2.28. The molecule has 1 heterocycles. The van der Waals surface area contributed by atoms with Crippen molar-refractivity contribution in [2.45, 2.75) is 37.5 Å². The van der Waals surface area contributed by atoms with Gasteiger partial charge in [-0.3, -0.25) is 0 Å². The van der Waals surface area contributed by atoms with Gasteiger partial charge in [0.1, 0.15) is 0 Å². The molecule has 3 nitrogen and oxygen atoms in total. The van der Waals surface area contributed by atoms with Crippen LogP contribution in [0.15, 0.2) is 200 Å². The number of hydrogen-bond donors (Lipinski definition) is 0. The summed E-state index contributed by atoms with van der Waals surface area (Å²) in [7, 11) is 0. The highest BCUT2D eigenvalue weighted by Crippen LogP contribution is 2.56. The summed E-state index contributed by atoms with van der Waals surface area (Å²) in [5.41, 5.74) is 20.5. The van der Waals surface area contributed by atoms with Crippen LogP contribution in [0.3, 0.4) is 0 Å². The van der Waals surface area contributed by atoms with Crippen LogP contribution in [0.5, 0.6) is 0 Å². The first-order chi connectivity index (χ1) is 30.6. The first kappa shape index (κ1) is 37.3. The van der Waals surface area contributed by atoms with E-state index in [1.807, 2.05) is 30.3 Å². The minimum absolute atomic E-state index is 0.00837. The topological polar surface area (TPSA) is 49.6 Å². The molecule has 294 valence electrons. The summed E-state index contributed by atoms with van der Waals surface area (Å²) in [6, 6.07) is 73.8. The van der Waals surface area contributed by atoms with Crippen LogP contribution in [0.25, 0.3) is 89.5 Å². The highest BCUT2D eigenvalue weighted by molar-refractivity contribution is 5.86. The molecule has 3 heteroatoms. The molecule has 0 saturated heterocycles. The summed E-state index contributed by atoms with van der Waals surface area (Å²) in [5, 5.41) is 9.77. The Morgan fingerprint density at radius 2 is 0.790 bits per heavy atom. The second-order valence-electron chi connectivity index (χ2n) is 16.8. The van der Waals surface area contributed by atoms with Gasteiger partial charge in [0.2, 0.25) is 0 Å². The predicted molar refractivity (Wildman–Crippen MR) is 254 cm³/mol. The molecule has 1 spiro atoms. The van der Waals surface area contributed by atoms with E-state index in [4.69, 9.17) is 9.97 Å². The van der Waals surface area contributed by atoms with Crippen molar-refractivity contribution in [1.29, 1.82) is 5.26 Å². The summed E-state index contributed by atoms with van der Waals surface area (Å²) < 4.78 is 0. The Morgan fingerprint density at radius 3 is 1.42 bits per heavy atom. The smallest absolute Gasteiger partial charge is 0.160 e. The SMILES string of the molecule is N#Cc1ccc2c(c1)C1(CCCCC1)c1cc(-c3cccc(-c4ccc(-c5cccc(-c6cc(-c7ccc(-c8ccccc8)cc7)nc(-c7ccccc7)n6)c5)cc4)c3)ccc1-2. The van der Waals surface area contributed by atoms with Crippen molar-refractivity contribution >= 4 is 0 Å². The zero-order chi connectivity index (χ0) is 41.5. The van der Waals surface area contributed by atoms with Gasteiger partial charge in [0.15, 0.2) is 5.82 Å². The van der Waals surface area contributed by atoms with Crippen molar-refractivity contribution in [1.82, 2.24) is 9.97 Å². The van der Waals surface area contributed by atoms with Gasteiger partial charge in [0, 0.05) is 22.1 Å². The molecule has 62 heavy (non-hydrogen) atoms. The summed E-state index contributed by atoms with van der Waals surface area (Å²) >= 11 is 0. The van der Waals surface area contributed by atoms with Gasteiger partial charge in [0.25, 0.3) is 0 Å². The van der Waals surface area contributed by atoms with Gasteiger partial charge in [-0.1, -0.05) is 183 Å². The van der Waals surface area contributed by atoms with E-state index in [1.54, 1.807) is 0 Å². The largest absolute Gasteiger partial charge is 0.228 e. The van der Waals surface area contributed by atoms with Gasteiger partial charge < -0.3 is 0 Å². The third kappa shape index (κ3) is 6.81. The fraction of sp³-hybridized carbons (Fsp3) is 0.102. The standard InChI is InChI=1S/C59H43N3/c60-39-40-20-30-52-53-31-29-50(37-55(53)59(54(52)34-40)32-8-3-9-33-59)49-18-10-16-47(35-49)43-21-23-44(24-22-43)48-17-11-19-51(36-48)57-38-56(61-58(62-57)46-14-6-2-7-15-46)45-27-25-42(26-28-45)41-12-4-1-5-13-41/h1-2,4-7,10-31,34-38H,3,8-9,32-33H2. The molecule has 0 aliphatic heterocycles. The Labute approximate surface area is 363 Å². The molecule has 0 atom stereocenters. The second kappa shape index (κ2) is 15.7. The molecule has 2 aliphatic carbocycles. The van der Waals surface area contributed by atoms with Crippen LogP contribution in [0, 0.1) is 11.3 Å². The zero-order valence-corrected chi connectivity index (χ0v) is 34.4. The fourth-order valence-corrected chi connectivity index (χ4v) is 9.95. The zero-order valence-electron chi connectivity index (χ0n) is 34.4. The van der Waals surface area contributed by atoms with Crippen molar-refractivity contribution in [3.8, 4) is 95.6 Å². The summed E-state index contributed by atoms with van der Waals surface area (Å²) in [5.74, 6) is 0.704. The quantitative estimate of drug-likeness (QED) is 0.161. The van der Waals surface area contributed by atoms with E-state index in [9.17, 15) is 5.26 Å². The van der Waals surface area contributed by atoms with Gasteiger partial charge in [-0.25, -0.2) is 9.97 Å². The van der Waals surface area contributed by atoms with Crippen LogP contribution in [0.1, 0.15) is 48.8 Å². The van der Waals surface area contributed by atoms with Crippen molar-refractivity contribution in [3.63, 3.8) is 0 Å². The predicted octanol–water partition coefficient (Wildman–Crippen LogP) is 15.2. The Balaban J connectivity index is 0.890. The molecule has 2 aliphatic rings. The number of hydrogen-bond acceptors (Lipinski definition) is 3. The van der Waals surface area contributed by atoms with Crippen molar-refractivity contribution < 1.29 is 0 Å². The lowest BCUT2D eigenvalue weighted by atomic mass is 9.67. The number of nitriles is 1. The highest BCUT2D eigenvalue weighted by atomic mass is 14.9. The number of rotatable bonds is 7. The van der Waals surface area contributed by atoms with Gasteiger partial charge >= 0.3 is 0 Å². The molecule has 8 aromatic carbocycles. The van der Waals surface area contributed by atoms with Crippen molar-refractivity contribution in [2.24, 2.45) is 0 Å². The van der Waals surface area contributed by atoms with Crippen LogP contribution in [-0.4, -0.2) is 9.97 Å². The minimum Gasteiger partial charge on any atom is -0.228 e. The molecular weight excluding hydrogens is 751 g/mol. The molecule has 11 rings (SSSR count). The molecule has 0 unspecified atom stereocenters. The molecule has 0 amide bonds. The number of fused-ring (bicyclic) bond motifs is 5. The van der Waals surface area contributed by atoms with Crippen LogP contribution in [0.2, 0.25) is 0 Å². The number of benzene rings is 8. The lowest BCUT2D eigenvalue weighted by Gasteiger charge is -2.36. The summed E-state index contributed by atoms with van der Waals surface area (Å²) in [6.45, 7) is 0. The molecule has 1 fully saturated rings. The minimum atomic E-state index is -0.00837. The normalized spacial score (nSPS) is 13.6. The maximum Gasteiger partial charge on any atom is 0.160 e. The van der Waals surface area contributed by atoms with E-state index < -0.39 is 0 Å². The third-order valence-electron chi connectivity index (χ3n) is 13.1.